The van der Waals surface area contributed by atoms with Crippen LogP contribution in [0.3, 0.4) is 0 Å². The molecule has 0 radical (unpaired) electrons. The average molecular weight is 604 g/mol. The highest BCUT2D eigenvalue weighted by Crippen LogP contribution is 2.17. The van der Waals surface area contributed by atoms with Gasteiger partial charge in [-0.25, -0.2) is 17.2 Å². The second-order valence-electron chi connectivity index (χ2n) is 10.1. The number of carbonyl (C=O) groups excluding carboxylic acids is 1. The maximum absolute atomic E-state index is 13.8. The predicted molar refractivity (Wildman–Crippen MR) is 158 cm³/mol. The van der Waals surface area contributed by atoms with E-state index in [-0.39, 0.29) is 30.9 Å². The number of benzene rings is 2. The van der Waals surface area contributed by atoms with Crippen LogP contribution in [0.4, 0.5) is 8.78 Å². The van der Waals surface area contributed by atoms with Gasteiger partial charge in [-0.05, 0) is 54.5 Å². The number of aliphatic hydroxyl groups excluding tert-OH is 1. The van der Waals surface area contributed by atoms with Crippen LogP contribution in [0.2, 0.25) is 0 Å². The van der Waals surface area contributed by atoms with Gasteiger partial charge in [0.05, 0.1) is 29.2 Å². The minimum Gasteiger partial charge on any atom is -0.390 e. The van der Waals surface area contributed by atoms with Crippen LogP contribution in [0.25, 0.3) is 0 Å². The maximum atomic E-state index is 13.8. The third-order valence-corrected chi connectivity index (χ3v) is 9.04. The highest BCUT2D eigenvalue weighted by Gasteiger charge is 2.31. The number of hydrogen-bond donors (Lipinski definition) is 4. The summed E-state index contributed by atoms with van der Waals surface area (Å²) < 4.78 is 53.5. The third kappa shape index (κ3) is 11.8. The Morgan fingerprint density at radius 1 is 0.975 bits per heavy atom. The van der Waals surface area contributed by atoms with Gasteiger partial charge in [-0.2, -0.15) is 0 Å². The summed E-state index contributed by atoms with van der Waals surface area (Å²) in [5.41, 5.74) is 8.46. The Balaban J connectivity index is 0.00000800. The van der Waals surface area contributed by atoms with Gasteiger partial charge in [0.1, 0.15) is 11.6 Å². The van der Waals surface area contributed by atoms with Crippen molar-refractivity contribution < 1.29 is 27.1 Å². The number of hydrogen-bond acceptors (Lipinski definition) is 6. The summed E-state index contributed by atoms with van der Waals surface area (Å²) in [5, 5.41) is 16.2. The van der Waals surface area contributed by atoms with Gasteiger partial charge in [-0.15, -0.1) is 12.4 Å². The van der Waals surface area contributed by atoms with Crippen molar-refractivity contribution in [2.45, 2.75) is 89.3 Å². The summed E-state index contributed by atoms with van der Waals surface area (Å²) in [6, 6.07) is 8.66. The number of nitrogens with one attached hydrogen (secondary N) is 2. The van der Waals surface area contributed by atoms with Gasteiger partial charge in [-0.1, -0.05) is 57.9 Å². The molecule has 7 nitrogen and oxygen atoms in total. The molecule has 0 bridgehead atoms. The Kier molecular flexibility index (Phi) is 15.8. The van der Waals surface area contributed by atoms with Gasteiger partial charge in [0.25, 0.3) is 0 Å². The molecular weight excluding hydrogens is 560 g/mol. The van der Waals surface area contributed by atoms with Crippen LogP contribution >= 0.6 is 12.4 Å². The van der Waals surface area contributed by atoms with E-state index < -0.39 is 56.6 Å². The SMILES string of the molecule is CCCC(CCC)S(=O)(=O)CC(N)C(=O)N[C@@H](Cc1cc(F)cc(F)c1)[C@H](O)CNCc1cccc(CC)c1.Cl. The number of amides is 1. The average Bonchev–Trinajstić information content (AvgIpc) is 2.87. The molecule has 2 aromatic rings. The van der Waals surface area contributed by atoms with E-state index in [2.05, 4.69) is 23.6 Å². The Labute approximate surface area is 243 Å². The van der Waals surface area contributed by atoms with Crippen molar-refractivity contribution in [1.82, 2.24) is 10.6 Å². The third-order valence-electron chi connectivity index (χ3n) is 6.73. The molecule has 0 aromatic heterocycles. The lowest BCUT2D eigenvalue weighted by Gasteiger charge is -2.27. The van der Waals surface area contributed by atoms with Crippen molar-refractivity contribution in [2.75, 3.05) is 12.3 Å². The quantitative estimate of drug-likeness (QED) is 0.218. The molecule has 0 fully saturated rings. The second kappa shape index (κ2) is 17.6. The van der Waals surface area contributed by atoms with Gasteiger partial charge >= 0.3 is 0 Å². The van der Waals surface area contributed by atoms with Crippen LogP contribution in [0, 0.1) is 11.6 Å². The fraction of sp³-hybridized carbons (Fsp3) is 0.552. The Hall–Kier alpha value is -2.11. The molecule has 0 spiro atoms. The molecule has 11 heteroatoms. The first-order valence-electron chi connectivity index (χ1n) is 13.7. The van der Waals surface area contributed by atoms with Gasteiger partial charge in [0.2, 0.25) is 5.91 Å². The molecule has 3 atom stereocenters. The molecule has 0 saturated heterocycles. The van der Waals surface area contributed by atoms with Crippen LogP contribution < -0.4 is 16.4 Å². The number of aliphatic hydroxyl groups is 1. The fourth-order valence-electron chi connectivity index (χ4n) is 4.63. The topological polar surface area (TPSA) is 122 Å². The molecule has 0 saturated carbocycles. The molecule has 226 valence electrons. The maximum Gasteiger partial charge on any atom is 0.238 e. The summed E-state index contributed by atoms with van der Waals surface area (Å²) in [7, 11) is -3.63. The van der Waals surface area contributed by atoms with Gasteiger partial charge in [-0.3, -0.25) is 4.79 Å². The smallest absolute Gasteiger partial charge is 0.238 e. The Morgan fingerprint density at radius 2 is 1.57 bits per heavy atom. The Morgan fingerprint density at radius 3 is 2.15 bits per heavy atom. The second-order valence-corrected chi connectivity index (χ2v) is 12.4. The fourth-order valence-corrected chi connectivity index (χ4v) is 6.75. The normalized spacial score (nSPS) is 13.9. The first-order valence-corrected chi connectivity index (χ1v) is 15.4. The number of halogens is 3. The predicted octanol–water partition coefficient (Wildman–Crippen LogP) is 3.84. The van der Waals surface area contributed by atoms with E-state index >= 15 is 0 Å². The number of rotatable bonds is 17. The van der Waals surface area contributed by atoms with E-state index in [0.717, 1.165) is 30.2 Å². The molecule has 2 rings (SSSR count). The lowest BCUT2D eigenvalue weighted by Crippen LogP contribution is -2.54. The van der Waals surface area contributed by atoms with Gasteiger partial charge in [0, 0.05) is 19.2 Å². The minimum absolute atomic E-state index is 0. The van der Waals surface area contributed by atoms with E-state index in [0.29, 0.717) is 32.2 Å². The van der Waals surface area contributed by atoms with Gasteiger partial charge in [0.15, 0.2) is 9.84 Å². The molecule has 0 aliphatic carbocycles. The van der Waals surface area contributed by atoms with E-state index in [1.54, 1.807) is 0 Å². The van der Waals surface area contributed by atoms with E-state index in [4.69, 9.17) is 5.73 Å². The van der Waals surface area contributed by atoms with Crippen molar-refractivity contribution in [1.29, 1.82) is 0 Å². The van der Waals surface area contributed by atoms with Crippen molar-refractivity contribution in [3.05, 3.63) is 70.8 Å². The van der Waals surface area contributed by atoms with Crippen LogP contribution in [0.1, 0.15) is 63.1 Å². The number of aryl methyl sites for hydroxylation is 1. The largest absolute Gasteiger partial charge is 0.390 e. The summed E-state index contributed by atoms with van der Waals surface area (Å²) in [5.74, 6) is -2.83. The molecule has 0 heterocycles. The standard InChI is InChI=1S/C29H43F2N3O4S.ClH/c1-4-8-25(9-5-2)39(37,38)19-26(32)29(36)34-27(15-22-13-23(30)16-24(31)14-22)28(35)18-33-17-21-11-7-10-20(6-3)12-21;/h7,10-14,16,25-28,33,35H,4-6,8-9,15,17-19,32H2,1-3H3,(H,34,36);1H/t26?,27-,28+;/m0./s1. The zero-order valence-electron chi connectivity index (χ0n) is 23.5. The van der Waals surface area contributed by atoms with Crippen molar-refractivity contribution in [3.63, 3.8) is 0 Å². The molecule has 0 aliphatic heterocycles. The molecule has 0 aliphatic rings. The van der Waals surface area contributed by atoms with E-state index in [1.165, 1.54) is 5.56 Å². The highest BCUT2D eigenvalue weighted by atomic mass is 35.5. The molecule has 40 heavy (non-hydrogen) atoms. The van der Waals surface area contributed by atoms with Crippen molar-refractivity contribution in [2.24, 2.45) is 5.73 Å². The van der Waals surface area contributed by atoms with Crippen LogP contribution in [0.5, 0.6) is 0 Å². The zero-order chi connectivity index (χ0) is 29.0. The van der Waals surface area contributed by atoms with Crippen LogP contribution in [-0.4, -0.2) is 55.2 Å². The lowest BCUT2D eigenvalue weighted by molar-refractivity contribution is -0.123. The number of sulfone groups is 1. The lowest BCUT2D eigenvalue weighted by atomic mass is 10.00. The Bertz CT molecular complexity index is 1140. The first-order chi connectivity index (χ1) is 18.5. The number of nitrogens with two attached hydrogens (primary N) is 1. The van der Waals surface area contributed by atoms with E-state index in [1.807, 2.05) is 32.0 Å². The molecule has 1 unspecified atom stereocenters. The zero-order valence-corrected chi connectivity index (χ0v) is 25.2. The van der Waals surface area contributed by atoms with Gasteiger partial charge < -0.3 is 21.5 Å². The van der Waals surface area contributed by atoms with Crippen molar-refractivity contribution in [3.8, 4) is 0 Å². The first kappa shape index (κ1) is 35.9. The van der Waals surface area contributed by atoms with E-state index in [9.17, 15) is 27.1 Å². The summed E-state index contributed by atoms with van der Waals surface area (Å²) >= 11 is 0. The number of carbonyl (C=O) groups is 1. The van der Waals surface area contributed by atoms with Crippen LogP contribution in [0.15, 0.2) is 42.5 Å². The molecule has 5 N–H and O–H groups in total. The monoisotopic (exact) mass is 603 g/mol. The van der Waals surface area contributed by atoms with Crippen LogP contribution in [-0.2, 0) is 34.0 Å². The minimum atomic E-state index is -3.63. The molecular formula is C29H44ClF2N3O4S. The van der Waals surface area contributed by atoms with Crippen molar-refractivity contribution >= 4 is 28.2 Å². The molecule has 2 aromatic carbocycles. The summed E-state index contributed by atoms with van der Waals surface area (Å²) in [6.45, 7) is 6.40. The molecule has 1 amide bonds. The highest BCUT2D eigenvalue weighted by molar-refractivity contribution is 7.92. The summed E-state index contributed by atoms with van der Waals surface area (Å²) in [4.78, 5) is 13.0. The summed E-state index contributed by atoms with van der Waals surface area (Å²) in [6.07, 6.45) is 2.03.